The highest BCUT2D eigenvalue weighted by molar-refractivity contribution is 7.92. The standard InChI is InChI=1S/C12H14N4O5S2/c1-21-12-7-11(13-8-14-12)16-23(19,20)10-5-3-9(4-6-10)15-22(2,17)18/h3-8,15H,1-2H3,(H,13,14,16). The summed E-state index contributed by atoms with van der Waals surface area (Å²) < 4.78 is 56.1. The van der Waals surface area contributed by atoms with Gasteiger partial charge in [0, 0.05) is 11.8 Å². The quantitative estimate of drug-likeness (QED) is 0.776. The van der Waals surface area contributed by atoms with Crippen molar-refractivity contribution in [2.24, 2.45) is 0 Å². The molecule has 23 heavy (non-hydrogen) atoms. The van der Waals surface area contributed by atoms with Gasteiger partial charge in [-0.15, -0.1) is 0 Å². The molecule has 0 radical (unpaired) electrons. The lowest BCUT2D eigenvalue weighted by atomic mass is 10.3. The van der Waals surface area contributed by atoms with Crippen molar-refractivity contribution < 1.29 is 21.6 Å². The maximum absolute atomic E-state index is 12.2. The number of ether oxygens (including phenoxy) is 1. The van der Waals surface area contributed by atoms with E-state index in [1.54, 1.807) is 0 Å². The van der Waals surface area contributed by atoms with Crippen LogP contribution >= 0.6 is 0 Å². The zero-order chi connectivity index (χ0) is 17.1. The number of methoxy groups -OCH3 is 1. The van der Waals surface area contributed by atoms with Gasteiger partial charge in [-0.2, -0.15) is 0 Å². The van der Waals surface area contributed by atoms with Gasteiger partial charge in [-0.3, -0.25) is 9.44 Å². The third-order valence-electron chi connectivity index (χ3n) is 2.56. The van der Waals surface area contributed by atoms with Crippen molar-refractivity contribution in [2.45, 2.75) is 4.90 Å². The number of hydrogen-bond donors (Lipinski definition) is 2. The lowest BCUT2D eigenvalue weighted by Gasteiger charge is -2.09. The van der Waals surface area contributed by atoms with Gasteiger partial charge in [-0.1, -0.05) is 0 Å². The van der Waals surface area contributed by atoms with Crippen LogP contribution in [0.5, 0.6) is 5.88 Å². The predicted molar refractivity (Wildman–Crippen MR) is 84.3 cm³/mol. The largest absolute Gasteiger partial charge is 0.481 e. The van der Waals surface area contributed by atoms with Crippen molar-refractivity contribution >= 4 is 31.6 Å². The average molecular weight is 358 g/mol. The summed E-state index contributed by atoms with van der Waals surface area (Å²) in [4.78, 5) is 7.52. The van der Waals surface area contributed by atoms with Crippen LogP contribution in [0.25, 0.3) is 0 Å². The first-order valence-electron chi connectivity index (χ1n) is 6.16. The molecule has 2 rings (SSSR count). The van der Waals surface area contributed by atoms with Crippen LogP contribution in [0.15, 0.2) is 41.6 Å². The fourth-order valence-electron chi connectivity index (χ4n) is 1.62. The van der Waals surface area contributed by atoms with E-state index in [2.05, 4.69) is 19.4 Å². The number of anilines is 2. The number of aromatic nitrogens is 2. The zero-order valence-electron chi connectivity index (χ0n) is 12.2. The second-order valence-electron chi connectivity index (χ2n) is 4.45. The van der Waals surface area contributed by atoms with Crippen molar-refractivity contribution in [2.75, 3.05) is 22.8 Å². The lowest BCUT2D eigenvalue weighted by molar-refractivity contribution is 0.397. The summed E-state index contributed by atoms with van der Waals surface area (Å²) in [6.07, 6.45) is 2.16. The smallest absolute Gasteiger partial charge is 0.263 e. The summed E-state index contributed by atoms with van der Waals surface area (Å²) in [5, 5.41) is 0. The molecule has 0 aliphatic carbocycles. The first kappa shape index (κ1) is 17.0. The Kier molecular flexibility index (Phi) is 4.71. The Morgan fingerprint density at radius 2 is 1.65 bits per heavy atom. The molecule has 2 aromatic rings. The van der Waals surface area contributed by atoms with Gasteiger partial charge < -0.3 is 4.74 Å². The van der Waals surface area contributed by atoms with Crippen LogP contribution in [0.2, 0.25) is 0 Å². The minimum absolute atomic E-state index is 0.0471. The van der Waals surface area contributed by atoms with Crippen LogP contribution in [-0.4, -0.2) is 40.2 Å². The molecule has 11 heteroatoms. The average Bonchev–Trinajstić information content (AvgIpc) is 2.46. The second-order valence-corrected chi connectivity index (χ2v) is 7.88. The fourth-order valence-corrected chi connectivity index (χ4v) is 3.18. The number of nitrogens with zero attached hydrogens (tertiary/aromatic N) is 2. The van der Waals surface area contributed by atoms with E-state index in [-0.39, 0.29) is 22.3 Å². The Morgan fingerprint density at radius 1 is 1.00 bits per heavy atom. The van der Waals surface area contributed by atoms with Gasteiger partial charge in [0.1, 0.15) is 12.1 Å². The monoisotopic (exact) mass is 358 g/mol. The third kappa shape index (κ3) is 4.79. The van der Waals surface area contributed by atoms with Gasteiger partial charge in [0.2, 0.25) is 15.9 Å². The summed E-state index contributed by atoms with van der Waals surface area (Å²) in [5.41, 5.74) is 0.259. The molecule has 9 nitrogen and oxygen atoms in total. The van der Waals surface area contributed by atoms with Crippen LogP contribution in [0.3, 0.4) is 0 Å². The van der Waals surface area contributed by atoms with Gasteiger partial charge in [-0.05, 0) is 24.3 Å². The van der Waals surface area contributed by atoms with Crippen LogP contribution in [0.4, 0.5) is 11.5 Å². The molecule has 1 heterocycles. The Balaban J connectivity index is 2.22. The Bertz CT molecular complexity index is 895. The van der Waals surface area contributed by atoms with Crippen molar-refractivity contribution in [3.05, 3.63) is 36.7 Å². The van der Waals surface area contributed by atoms with Gasteiger partial charge in [-0.25, -0.2) is 26.8 Å². The number of sulfonamides is 2. The van der Waals surface area contributed by atoms with E-state index >= 15 is 0 Å². The maximum atomic E-state index is 12.2. The molecule has 1 aromatic carbocycles. The first-order chi connectivity index (χ1) is 10.7. The molecule has 0 saturated carbocycles. The van der Waals surface area contributed by atoms with E-state index in [4.69, 9.17) is 4.74 Å². The van der Waals surface area contributed by atoms with E-state index < -0.39 is 20.0 Å². The molecule has 0 saturated heterocycles. The molecule has 0 aliphatic heterocycles. The summed E-state index contributed by atoms with van der Waals surface area (Å²) in [5.74, 6) is 0.264. The first-order valence-corrected chi connectivity index (χ1v) is 9.54. The number of rotatable bonds is 6. The van der Waals surface area contributed by atoms with E-state index in [1.807, 2.05) is 0 Å². The highest BCUT2D eigenvalue weighted by Gasteiger charge is 2.15. The molecular formula is C12H14N4O5S2. The van der Waals surface area contributed by atoms with E-state index in [0.29, 0.717) is 0 Å². The molecule has 1 aromatic heterocycles. The summed E-state index contributed by atoms with van der Waals surface area (Å²) >= 11 is 0. The molecule has 0 bridgehead atoms. The van der Waals surface area contributed by atoms with E-state index in [9.17, 15) is 16.8 Å². The molecule has 0 aliphatic rings. The van der Waals surface area contributed by atoms with Crippen molar-refractivity contribution in [3.8, 4) is 5.88 Å². The van der Waals surface area contributed by atoms with Gasteiger partial charge in [0.25, 0.3) is 10.0 Å². The maximum Gasteiger partial charge on any atom is 0.263 e. The van der Waals surface area contributed by atoms with Gasteiger partial charge >= 0.3 is 0 Å². The molecular weight excluding hydrogens is 344 g/mol. The van der Waals surface area contributed by atoms with Crippen LogP contribution in [0.1, 0.15) is 0 Å². The topological polar surface area (TPSA) is 127 Å². The van der Waals surface area contributed by atoms with Crippen LogP contribution < -0.4 is 14.2 Å². The van der Waals surface area contributed by atoms with Crippen molar-refractivity contribution in [3.63, 3.8) is 0 Å². The molecule has 124 valence electrons. The van der Waals surface area contributed by atoms with Crippen molar-refractivity contribution in [1.82, 2.24) is 9.97 Å². The fraction of sp³-hybridized carbons (Fsp3) is 0.167. The number of benzene rings is 1. The van der Waals surface area contributed by atoms with Crippen LogP contribution in [-0.2, 0) is 20.0 Å². The van der Waals surface area contributed by atoms with Gasteiger partial charge in [0.05, 0.1) is 18.3 Å². The van der Waals surface area contributed by atoms with E-state index in [1.165, 1.54) is 37.4 Å². The second kappa shape index (κ2) is 6.38. The van der Waals surface area contributed by atoms with Gasteiger partial charge in [0.15, 0.2) is 0 Å². The summed E-state index contributed by atoms with van der Waals surface area (Å²) in [6.45, 7) is 0. The summed E-state index contributed by atoms with van der Waals surface area (Å²) in [6, 6.07) is 6.56. The Labute approximate surface area is 133 Å². The summed E-state index contributed by atoms with van der Waals surface area (Å²) in [7, 11) is -5.90. The number of nitrogens with one attached hydrogen (secondary N) is 2. The van der Waals surface area contributed by atoms with Crippen molar-refractivity contribution in [1.29, 1.82) is 0 Å². The number of hydrogen-bond acceptors (Lipinski definition) is 7. The highest BCUT2D eigenvalue weighted by atomic mass is 32.2. The lowest BCUT2D eigenvalue weighted by Crippen LogP contribution is -2.14. The predicted octanol–water partition coefficient (Wildman–Crippen LogP) is 0.657. The normalized spacial score (nSPS) is 11.7. The third-order valence-corrected chi connectivity index (χ3v) is 4.54. The molecule has 0 unspecified atom stereocenters. The highest BCUT2D eigenvalue weighted by Crippen LogP contribution is 2.19. The Morgan fingerprint density at radius 3 is 2.22 bits per heavy atom. The Hall–Kier alpha value is -2.40. The molecule has 2 N–H and O–H groups in total. The SMILES string of the molecule is COc1cc(NS(=O)(=O)c2ccc(NS(C)(=O)=O)cc2)ncn1. The minimum Gasteiger partial charge on any atom is -0.481 e. The molecule has 0 fully saturated rings. The molecule has 0 atom stereocenters. The zero-order valence-corrected chi connectivity index (χ0v) is 13.8. The van der Waals surface area contributed by atoms with E-state index in [0.717, 1.165) is 12.6 Å². The molecule has 0 amide bonds. The minimum atomic E-state index is -3.87. The van der Waals surface area contributed by atoms with Crippen LogP contribution in [0, 0.1) is 0 Å². The molecule has 0 spiro atoms.